The molecule has 41 heavy (non-hydrogen) atoms. The first kappa shape index (κ1) is 28.6. The summed E-state index contributed by atoms with van der Waals surface area (Å²) < 4.78 is 10.7. The van der Waals surface area contributed by atoms with Gasteiger partial charge in [0.1, 0.15) is 12.6 Å². The quantitative estimate of drug-likeness (QED) is 0.265. The molecule has 0 radical (unpaired) electrons. The van der Waals surface area contributed by atoms with Crippen LogP contribution < -0.4 is 19.7 Å². The summed E-state index contributed by atoms with van der Waals surface area (Å²) >= 11 is 7.59. The minimum Gasteiger partial charge on any atom is -0.493 e. The number of hydrogen-bond acceptors (Lipinski definition) is 8. The zero-order valence-electron chi connectivity index (χ0n) is 22.8. The Balaban J connectivity index is 1.45. The zero-order valence-corrected chi connectivity index (χ0v) is 24.4. The minimum absolute atomic E-state index is 0.0851. The van der Waals surface area contributed by atoms with Crippen molar-refractivity contribution in [1.29, 1.82) is 0 Å². The highest BCUT2D eigenvalue weighted by atomic mass is 35.5. The van der Waals surface area contributed by atoms with Crippen molar-refractivity contribution in [2.24, 2.45) is 0 Å². The average Bonchev–Trinajstić information content (AvgIpc) is 3.69. The number of hydrogen-bond donors (Lipinski definition) is 1. The minimum atomic E-state index is -0.876. The van der Waals surface area contributed by atoms with Crippen LogP contribution in [-0.4, -0.2) is 52.3 Å². The van der Waals surface area contributed by atoms with E-state index in [0.717, 1.165) is 30.6 Å². The number of tetrazole rings is 1. The molecule has 1 saturated carbocycles. The highest BCUT2D eigenvalue weighted by molar-refractivity contribution is 7.10. The molecule has 0 aliphatic heterocycles. The lowest BCUT2D eigenvalue weighted by Gasteiger charge is -2.32. The number of aromatic nitrogens is 4. The Morgan fingerprint density at radius 2 is 1.83 bits per heavy atom. The maximum Gasteiger partial charge on any atom is 0.251 e. The van der Waals surface area contributed by atoms with Gasteiger partial charge in [-0.2, -0.15) is 4.80 Å². The first-order valence-corrected chi connectivity index (χ1v) is 14.6. The lowest BCUT2D eigenvalue weighted by Crippen LogP contribution is -2.48. The van der Waals surface area contributed by atoms with E-state index in [0.29, 0.717) is 33.6 Å². The van der Waals surface area contributed by atoms with Gasteiger partial charge in [-0.25, -0.2) is 0 Å². The van der Waals surface area contributed by atoms with Crippen LogP contribution in [-0.2, 0) is 16.1 Å². The number of nitrogens with one attached hydrogen (secondary N) is 1. The van der Waals surface area contributed by atoms with E-state index in [4.69, 9.17) is 21.1 Å². The summed E-state index contributed by atoms with van der Waals surface area (Å²) in [5.41, 5.74) is 1.19. The van der Waals surface area contributed by atoms with Gasteiger partial charge in [-0.15, -0.1) is 21.5 Å². The maximum atomic E-state index is 14.0. The Hall–Kier alpha value is -3.96. The molecule has 12 heteroatoms. The van der Waals surface area contributed by atoms with Crippen LogP contribution in [0.5, 0.6) is 11.5 Å². The van der Waals surface area contributed by atoms with Crippen LogP contribution in [0, 0.1) is 0 Å². The molecule has 0 saturated heterocycles. The molecule has 2 amide bonds. The molecule has 1 atom stereocenters. The fraction of sp³-hybridized carbons (Fsp3) is 0.345. The van der Waals surface area contributed by atoms with Crippen LogP contribution in [0.3, 0.4) is 0 Å². The third-order valence-corrected chi connectivity index (χ3v) is 8.19. The number of carbonyl (C=O) groups is 2. The highest BCUT2D eigenvalue weighted by Gasteiger charge is 2.35. The number of methoxy groups -OCH3 is 2. The number of anilines is 1. The summed E-state index contributed by atoms with van der Waals surface area (Å²) in [5.74, 6) is 0.820. The number of rotatable bonds is 10. The second-order valence-corrected chi connectivity index (χ2v) is 11.1. The van der Waals surface area contributed by atoms with E-state index in [2.05, 4.69) is 20.7 Å². The maximum absolute atomic E-state index is 14.0. The van der Waals surface area contributed by atoms with Crippen molar-refractivity contribution in [2.45, 2.75) is 50.7 Å². The van der Waals surface area contributed by atoms with Crippen molar-refractivity contribution >= 4 is 40.4 Å². The second-order valence-electron chi connectivity index (χ2n) is 9.71. The average molecular weight is 595 g/mol. The molecule has 10 nitrogen and oxygen atoms in total. The fourth-order valence-electron chi connectivity index (χ4n) is 4.98. The largest absolute Gasteiger partial charge is 0.493 e. The second kappa shape index (κ2) is 13.1. The first-order valence-electron chi connectivity index (χ1n) is 13.4. The van der Waals surface area contributed by atoms with Crippen LogP contribution in [0.1, 0.15) is 43.0 Å². The smallest absolute Gasteiger partial charge is 0.251 e. The first-order chi connectivity index (χ1) is 20.0. The van der Waals surface area contributed by atoms with Gasteiger partial charge in [0.2, 0.25) is 11.7 Å². The molecule has 0 bridgehead atoms. The SMILES string of the molecule is COc1ccc(-c2nnn(CC(=O)N(c3ccc(Cl)cc3)[C@@H](C(=O)NC3CCCCC3)c3cccs3)n2)cc1OC. The number of amides is 2. The lowest BCUT2D eigenvalue weighted by molar-refractivity contribution is -0.127. The van der Waals surface area contributed by atoms with Crippen LogP contribution in [0.25, 0.3) is 11.4 Å². The summed E-state index contributed by atoms with van der Waals surface area (Å²) in [6, 6.07) is 15.1. The van der Waals surface area contributed by atoms with Crippen molar-refractivity contribution in [2.75, 3.05) is 19.1 Å². The summed E-state index contributed by atoms with van der Waals surface area (Å²) in [6.07, 6.45) is 5.19. The van der Waals surface area contributed by atoms with E-state index in [1.807, 2.05) is 17.5 Å². The Bertz CT molecular complexity index is 1470. The summed E-state index contributed by atoms with van der Waals surface area (Å²) in [5, 5.41) is 18.3. The summed E-state index contributed by atoms with van der Waals surface area (Å²) in [7, 11) is 3.10. The van der Waals surface area contributed by atoms with Crippen molar-refractivity contribution in [3.8, 4) is 22.9 Å². The number of carbonyl (C=O) groups excluding carboxylic acids is 2. The number of nitrogens with zero attached hydrogens (tertiary/aromatic N) is 5. The van der Waals surface area contributed by atoms with E-state index >= 15 is 0 Å². The van der Waals surface area contributed by atoms with Crippen LogP contribution >= 0.6 is 22.9 Å². The Kier molecular flexibility index (Phi) is 9.15. The van der Waals surface area contributed by atoms with Crippen LogP contribution in [0.4, 0.5) is 5.69 Å². The molecule has 0 spiro atoms. The number of ether oxygens (including phenoxy) is 2. The predicted octanol–water partition coefficient (Wildman–Crippen LogP) is 5.30. The van der Waals surface area contributed by atoms with Crippen molar-refractivity contribution in [1.82, 2.24) is 25.5 Å². The van der Waals surface area contributed by atoms with E-state index in [9.17, 15) is 9.59 Å². The molecule has 1 N–H and O–H groups in total. The van der Waals surface area contributed by atoms with Gasteiger partial charge < -0.3 is 14.8 Å². The van der Waals surface area contributed by atoms with Crippen molar-refractivity contribution < 1.29 is 19.1 Å². The molecule has 0 unspecified atom stereocenters. The van der Waals surface area contributed by atoms with Crippen LogP contribution in [0.15, 0.2) is 60.0 Å². The molecular weight excluding hydrogens is 564 g/mol. The normalized spacial score (nSPS) is 14.3. The molecule has 1 fully saturated rings. The fourth-order valence-corrected chi connectivity index (χ4v) is 5.92. The van der Waals surface area contributed by atoms with Gasteiger partial charge >= 0.3 is 0 Å². The van der Waals surface area contributed by atoms with Gasteiger partial charge in [0.05, 0.1) is 14.2 Å². The standard InChI is InChI=1S/C29H31ClN6O4S/c1-39-23-15-10-19(17-24(23)40-2)28-32-34-35(33-28)18-26(37)36(22-13-11-20(30)12-14-22)27(25-9-6-16-41-25)29(38)31-21-7-4-3-5-8-21/h6,9-17,21,27H,3-5,7-8,18H2,1-2H3,(H,31,38)/t27-/m1/s1. The molecule has 5 rings (SSSR count). The third kappa shape index (κ3) is 6.68. The molecular formula is C29H31ClN6O4S. The van der Waals surface area contributed by atoms with E-state index in [1.54, 1.807) is 56.7 Å². The van der Waals surface area contributed by atoms with E-state index < -0.39 is 6.04 Å². The van der Waals surface area contributed by atoms with Gasteiger partial charge in [0, 0.05) is 27.2 Å². The summed E-state index contributed by atoms with van der Waals surface area (Å²) in [6.45, 7) is -0.235. The third-order valence-electron chi connectivity index (χ3n) is 7.02. The predicted molar refractivity (Wildman–Crippen MR) is 157 cm³/mol. The van der Waals surface area contributed by atoms with Crippen molar-refractivity contribution in [3.05, 3.63) is 69.9 Å². The Morgan fingerprint density at radius 3 is 2.51 bits per heavy atom. The summed E-state index contributed by atoms with van der Waals surface area (Å²) in [4.78, 5) is 31.3. The van der Waals surface area contributed by atoms with Gasteiger partial charge in [-0.05, 0) is 72.0 Å². The van der Waals surface area contributed by atoms with Gasteiger partial charge in [0.15, 0.2) is 11.5 Å². The molecule has 2 heterocycles. The van der Waals surface area contributed by atoms with Gasteiger partial charge in [-0.1, -0.05) is 36.9 Å². The molecule has 4 aromatic rings. The monoisotopic (exact) mass is 594 g/mol. The van der Waals surface area contributed by atoms with Crippen LogP contribution in [0.2, 0.25) is 5.02 Å². The van der Waals surface area contributed by atoms with Crippen molar-refractivity contribution in [3.63, 3.8) is 0 Å². The van der Waals surface area contributed by atoms with Gasteiger partial charge in [0.25, 0.3) is 5.91 Å². The molecule has 1 aliphatic carbocycles. The Morgan fingerprint density at radius 1 is 1.07 bits per heavy atom. The number of halogens is 1. The number of thiophene rings is 1. The molecule has 2 aromatic carbocycles. The number of benzene rings is 2. The highest BCUT2D eigenvalue weighted by Crippen LogP contribution is 2.33. The van der Waals surface area contributed by atoms with E-state index in [1.165, 1.54) is 27.5 Å². The van der Waals surface area contributed by atoms with E-state index in [-0.39, 0.29) is 24.4 Å². The molecule has 214 valence electrons. The zero-order chi connectivity index (χ0) is 28.8. The lowest BCUT2D eigenvalue weighted by atomic mass is 9.95. The molecule has 2 aromatic heterocycles. The molecule has 1 aliphatic rings. The topological polar surface area (TPSA) is 111 Å². The van der Waals surface area contributed by atoms with Gasteiger partial charge in [-0.3, -0.25) is 14.5 Å². The Labute approximate surface area is 247 Å².